The molecule has 1 N–H and O–H groups in total. The number of ether oxygens (including phenoxy) is 1. The zero-order valence-corrected chi connectivity index (χ0v) is 10.8. The molecule has 2 aromatic carbocycles. The number of aryl methyl sites for hydroxylation is 1. The minimum absolute atomic E-state index is 0.0302. The Hall–Kier alpha value is -1.87. The number of hydrogen-bond donors (Lipinski definition) is 1. The normalized spacial score (nSPS) is 12.2. The number of halogens is 1. The van der Waals surface area contributed by atoms with E-state index in [4.69, 9.17) is 4.74 Å². The highest BCUT2D eigenvalue weighted by molar-refractivity contribution is 5.26. The lowest BCUT2D eigenvalue weighted by molar-refractivity contribution is 0.201. The average Bonchev–Trinajstić information content (AvgIpc) is 2.43. The lowest BCUT2D eigenvalue weighted by Gasteiger charge is -2.16. The van der Waals surface area contributed by atoms with E-state index in [9.17, 15) is 9.50 Å². The van der Waals surface area contributed by atoms with Crippen LogP contribution in [0.2, 0.25) is 0 Å². The van der Waals surface area contributed by atoms with E-state index in [-0.39, 0.29) is 30.7 Å². The number of para-hydroxylation sites is 1. The van der Waals surface area contributed by atoms with Crippen LogP contribution in [-0.2, 0) is 0 Å². The molecular formula is C16H17FO2. The Bertz CT molecular complexity index is 523. The molecule has 19 heavy (non-hydrogen) atoms. The molecule has 0 heterocycles. The van der Waals surface area contributed by atoms with Gasteiger partial charge in [-0.15, -0.1) is 0 Å². The Morgan fingerprint density at radius 1 is 1.11 bits per heavy atom. The van der Waals surface area contributed by atoms with E-state index in [1.165, 1.54) is 6.07 Å². The largest absolute Gasteiger partial charge is 0.490 e. The summed E-state index contributed by atoms with van der Waals surface area (Å²) in [5.41, 5.74) is 2.15. The zero-order chi connectivity index (χ0) is 13.7. The van der Waals surface area contributed by atoms with Crippen molar-refractivity contribution in [3.8, 4) is 5.75 Å². The van der Waals surface area contributed by atoms with Crippen molar-refractivity contribution in [2.24, 2.45) is 0 Å². The molecule has 0 aliphatic rings. The van der Waals surface area contributed by atoms with Crippen LogP contribution in [-0.4, -0.2) is 18.3 Å². The maximum Gasteiger partial charge on any atom is 0.165 e. The molecule has 0 bridgehead atoms. The van der Waals surface area contributed by atoms with Gasteiger partial charge in [0.05, 0.1) is 13.2 Å². The molecule has 100 valence electrons. The third-order valence-electron chi connectivity index (χ3n) is 3.05. The highest BCUT2D eigenvalue weighted by Crippen LogP contribution is 2.20. The maximum absolute atomic E-state index is 13.4. The van der Waals surface area contributed by atoms with Crippen LogP contribution in [0, 0.1) is 12.7 Å². The van der Waals surface area contributed by atoms with Gasteiger partial charge in [-0.3, -0.25) is 0 Å². The minimum atomic E-state index is -0.386. The van der Waals surface area contributed by atoms with Gasteiger partial charge >= 0.3 is 0 Å². The molecule has 2 aromatic rings. The number of rotatable bonds is 5. The van der Waals surface area contributed by atoms with E-state index in [1.54, 1.807) is 18.2 Å². The molecule has 0 aromatic heterocycles. The summed E-state index contributed by atoms with van der Waals surface area (Å²) >= 11 is 0. The van der Waals surface area contributed by atoms with Crippen molar-refractivity contribution in [1.82, 2.24) is 0 Å². The first-order valence-electron chi connectivity index (χ1n) is 6.25. The lowest BCUT2D eigenvalue weighted by atomic mass is 10.00. The summed E-state index contributed by atoms with van der Waals surface area (Å²) in [6.07, 6.45) is 0. The topological polar surface area (TPSA) is 29.5 Å². The Kier molecular flexibility index (Phi) is 4.53. The quantitative estimate of drug-likeness (QED) is 0.894. The predicted octanol–water partition coefficient (Wildman–Crippen LogP) is 3.29. The van der Waals surface area contributed by atoms with Crippen molar-refractivity contribution in [2.75, 3.05) is 13.2 Å². The van der Waals surface area contributed by atoms with E-state index in [0.29, 0.717) is 0 Å². The zero-order valence-electron chi connectivity index (χ0n) is 10.8. The molecular weight excluding hydrogens is 243 g/mol. The van der Waals surface area contributed by atoms with Crippen molar-refractivity contribution in [3.63, 3.8) is 0 Å². The summed E-state index contributed by atoms with van der Waals surface area (Å²) in [7, 11) is 0. The molecule has 0 spiro atoms. The number of aliphatic hydroxyl groups is 1. The smallest absolute Gasteiger partial charge is 0.165 e. The van der Waals surface area contributed by atoms with Gasteiger partial charge in [0.2, 0.25) is 0 Å². The predicted molar refractivity (Wildman–Crippen MR) is 72.9 cm³/mol. The van der Waals surface area contributed by atoms with Crippen LogP contribution in [0.15, 0.2) is 48.5 Å². The third kappa shape index (κ3) is 3.55. The first-order chi connectivity index (χ1) is 9.20. The van der Waals surface area contributed by atoms with Crippen molar-refractivity contribution in [1.29, 1.82) is 0 Å². The molecule has 1 unspecified atom stereocenters. The number of hydrogen-bond acceptors (Lipinski definition) is 2. The molecule has 3 heteroatoms. The SMILES string of the molecule is Cc1ccc(C(CO)COc2ccccc2F)cc1. The van der Waals surface area contributed by atoms with E-state index < -0.39 is 0 Å². The molecule has 0 fully saturated rings. The molecule has 0 aliphatic heterocycles. The van der Waals surface area contributed by atoms with Gasteiger partial charge in [-0.25, -0.2) is 4.39 Å². The standard InChI is InChI=1S/C16H17FO2/c1-12-6-8-13(9-7-12)14(10-18)11-19-16-5-3-2-4-15(16)17/h2-9,14,18H,10-11H2,1H3. The van der Waals surface area contributed by atoms with Crippen LogP contribution < -0.4 is 4.74 Å². The van der Waals surface area contributed by atoms with E-state index in [1.807, 2.05) is 31.2 Å². The molecule has 0 saturated carbocycles. The van der Waals surface area contributed by atoms with Crippen LogP contribution in [0.3, 0.4) is 0 Å². The van der Waals surface area contributed by atoms with Gasteiger partial charge < -0.3 is 9.84 Å². The summed E-state index contributed by atoms with van der Waals surface area (Å²) in [4.78, 5) is 0. The lowest BCUT2D eigenvalue weighted by Crippen LogP contribution is -2.14. The van der Waals surface area contributed by atoms with Gasteiger partial charge in [-0.2, -0.15) is 0 Å². The van der Waals surface area contributed by atoms with E-state index in [2.05, 4.69) is 0 Å². The van der Waals surface area contributed by atoms with Gasteiger partial charge in [0.1, 0.15) is 0 Å². The summed E-state index contributed by atoms with van der Waals surface area (Å²) in [6, 6.07) is 14.2. The Morgan fingerprint density at radius 3 is 2.42 bits per heavy atom. The summed E-state index contributed by atoms with van der Waals surface area (Å²) in [6.45, 7) is 2.23. The van der Waals surface area contributed by atoms with Crippen LogP contribution >= 0.6 is 0 Å². The Balaban J connectivity index is 2.04. The van der Waals surface area contributed by atoms with E-state index in [0.717, 1.165) is 11.1 Å². The monoisotopic (exact) mass is 260 g/mol. The molecule has 0 radical (unpaired) electrons. The van der Waals surface area contributed by atoms with Gasteiger partial charge in [-0.05, 0) is 24.6 Å². The fraction of sp³-hybridized carbons (Fsp3) is 0.250. The van der Waals surface area contributed by atoms with Gasteiger partial charge in [0.25, 0.3) is 0 Å². The molecule has 2 nitrogen and oxygen atoms in total. The fourth-order valence-electron chi connectivity index (χ4n) is 1.85. The van der Waals surface area contributed by atoms with E-state index >= 15 is 0 Å². The van der Waals surface area contributed by atoms with Crippen molar-refractivity contribution >= 4 is 0 Å². The molecule has 2 rings (SSSR count). The number of aliphatic hydroxyl groups excluding tert-OH is 1. The first kappa shape index (κ1) is 13.6. The molecule has 1 atom stereocenters. The summed E-state index contributed by atoms with van der Waals surface area (Å²) in [5.74, 6) is -0.323. The van der Waals surface area contributed by atoms with Crippen molar-refractivity contribution in [2.45, 2.75) is 12.8 Å². The van der Waals surface area contributed by atoms with Gasteiger partial charge in [0.15, 0.2) is 11.6 Å². The Morgan fingerprint density at radius 2 is 1.79 bits per heavy atom. The molecule has 0 saturated heterocycles. The molecule has 0 amide bonds. The minimum Gasteiger partial charge on any atom is -0.490 e. The second-order valence-corrected chi connectivity index (χ2v) is 4.53. The third-order valence-corrected chi connectivity index (χ3v) is 3.05. The van der Waals surface area contributed by atoms with Crippen LogP contribution in [0.25, 0.3) is 0 Å². The van der Waals surface area contributed by atoms with Crippen LogP contribution in [0.5, 0.6) is 5.75 Å². The summed E-state index contributed by atoms with van der Waals surface area (Å²) in [5, 5.41) is 9.42. The van der Waals surface area contributed by atoms with Gasteiger partial charge in [-0.1, -0.05) is 42.0 Å². The average molecular weight is 260 g/mol. The second kappa shape index (κ2) is 6.34. The van der Waals surface area contributed by atoms with Crippen molar-refractivity contribution in [3.05, 3.63) is 65.5 Å². The summed E-state index contributed by atoms with van der Waals surface area (Å²) < 4.78 is 18.9. The number of benzene rings is 2. The van der Waals surface area contributed by atoms with Crippen LogP contribution in [0.4, 0.5) is 4.39 Å². The highest BCUT2D eigenvalue weighted by atomic mass is 19.1. The van der Waals surface area contributed by atoms with Crippen LogP contribution in [0.1, 0.15) is 17.0 Å². The second-order valence-electron chi connectivity index (χ2n) is 4.53. The maximum atomic E-state index is 13.4. The Labute approximate surface area is 112 Å². The first-order valence-corrected chi connectivity index (χ1v) is 6.25. The van der Waals surface area contributed by atoms with Crippen molar-refractivity contribution < 1.29 is 14.2 Å². The highest BCUT2D eigenvalue weighted by Gasteiger charge is 2.12. The fourth-order valence-corrected chi connectivity index (χ4v) is 1.85. The molecule has 0 aliphatic carbocycles. The van der Waals surface area contributed by atoms with Gasteiger partial charge in [0, 0.05) is 5.92 Å².